The van der Waals surface area contributed by atoms with Gasteiger partial charge in [0, 0.05) is 6.20 Å². The van der Waals surface area contributed by atoms with Crippen molar-refractivity contribution < 1.29 is 4.39 Å². The summed E-state index contributed by atoms with van der Waals surface area (Å²) in [6.07, 6.45) is 1.12. The summed E-state index contributed by atoms with van der Waals surface area (Å²) < 4.78 is 13.8. The van der Waals surface area contributed by atoms with Crippen molar-refractivity contribution >= 4 is 0 Å². The van der Waals surface area contributed by atoms with Crippen LogP contribution in [0.25, 0.3) is 5.69 Å². The summed E-state index contributed by atoms with van der Waals surface area (Å²) in [5.41, 5.74) is -1.24. The van der Waals surface area contributed by atoms with Gasteiger partial charge in [-0.15, -0.1) is 0 Å². The number of halogens is 1. The van der Waals surface area contributed by atoms with Crippen LogP contribution in [0.4, 0.5) is 4.39 Å². The lowest BCUT2D eigenvalue weighted by Gasteiger charge is -2.04. The van der Waals surface area contributed by atoms with Gasteiger partial charge in [-0.3, -0.25) is 14.3 Å². The maximum absolute atomic E-state index is 12.7. The molecule has 6 heteroatoms. The van der Waals surface area contributed by atoms with Crippen molar-refractivity contribution in [1.82, 2.24) is 9.55 Å². The summed E-state index contributed by atoms with van der Waals surface area (Å²) >= 11 is 0. The van der Waals surface area contributed by atoms with Crippen molar-refractivity contribution in [1.29, 1.82) is 5.26 Å². The monoisotopic (exact) mass is 231 g/mol. The van der Waals surface area contributed by atoms with Crippen LogP contribution in [0.15, 0.2) is 40.1 Å². The summed E-state index contributed by atoms with van der Waals surface area (Å²) in [7, 11) is 0. The SMILES string of the molecule is N#Cc1cn(-c2ccc(F)cc2)c(=O)[nH]c1=O. The molecule has 0 aliphatic rings. The number of nitriles is 1. The number of rotatable bonds is 1. The van der Waals surface area contributed by atoms with Crippen molar-refractivity contribution in [2.45, 2.75) is 0 Å². The molecule has 0 amide bonds. The predicted molar refractivity (Wildman–Crippen MR) is 57.3 cm³/mol. The molecular formula is C11H6FN3O2. The maximum atomic E-state index is 12.7. The minimum atomic E-state index is -0.740. The van der Waals surface area contributed by atoms with Crippen molar-refractivity contribution in [3.8, 4) is 11.8 Å². The van der Waals surface area contributed by atoms with Gasteiger partial charge >= 0.3 is 5.69 Å². The van der Waals surface area contributed by atoms with Crippen LogP contribution in [0.2, 0.25) is 0 Å². The van der Waals surface area contributed by atoms with Gasteiger partial charge in [-0.1, -0.05) is 0 Å². The third kappa shape index (κ3) is 1.99. The first-order valence-electron chi connectivity index (χ1n) is 4.64. The molecule has 0 aliphatic heterocycles. The fourth-order valence-corrected chi connectivity index (χ4v) is 1.34. The number of aromatic nitrogens is 2. The second-order valence-electron chi connectivity index (χ2n) is 3.26. The maximum Gasteiger partial charge on any atom is 0.332 e. The Bertz CT molecular complexity index is 707. The van der Waals surface area contributed by atoms with Crippen molar-refractivity contribution in [3.63, 3.8) is 0 Å². The molecule has 2 rings (SSSR count). The number of H-pyrrole nitrogens is 1. The lowest BCUT2D eigenvalue weighted by molar-refractivity contribution is 0.627. The molecule has 84 valence electrons. The molecule has 1 aromatic heterocycles. The van der Waals surface area contributed by atoms with Gasteiger partial charge in [0.15, 0.2) is 0 Å². The molecule has 0 bridgehead atoms. The van der Waals surface area contributed by atoms with E-state index in [0.29, 0.717) is 5.69 Å². The number of hydrogen-bond acceptors (Lipinski definition) is 3. The average molecular weight is 231 g/mol. The van der Waals surface area contributed by atoms with Crippen LogP contribution in [0.1, 0.15) is 5.56 Å². The van der Waals surface area contributed by atoms with E-state index >= 15 is 0 Å². The highest BCUT2D eigenvalue weighted by atomic mass is 19.1. The van der Waals surface area contributed by atoms with E-state index in [4.69, 9.17) is 5.26 Å². The summed E-state index contributed by atoms with van der Waals surface area (Å²) in [6, 6.07) is 6.77. The van der Waals surface area contributed by atoms with Gasteiger partial charge in [-0.2, -0.15) is 5.26 Å². The molecule has 5 nitrogen and oxygen atoms in total. The van der Waals surface area contributed by atoms with Gasteiger partial charge in [-0.25, -0.2) is 9.18 Å². The van der Waals surface area contributed by atoms with Crippen LogP contribution in [-0.4, -0.2) is 9.55 Å². The van der Waals surface area contributed by atoms with Crippen molar-refractivity contribution in [2.75, 3.05) is 0 Å². The molecule has 0 atom stereocenters. The molecule has 1 aromatic carbocycles. The lowest BCUT2D eigenvalue weighted by Crippen LogP contribution is -2.30. The normalized spacial score (nSPS) is 9.88. The first kappa shape index (κ1) is 10.8. The molecular weight excluding hydrogens is 225 g/mol. The lowest BCUT2D eigenvalue weighted by atomic mass is 10.3. The van der Waals surface area contributed by atoms with Gasteiger partial charge < -0.3 is 0 Å². The zero-order valence-electron chi connectivity index (χ0n) is 8.48. The Kier molecular flexibility index (Phi) is 2.58. The van der Waals surface area contributed by atoms with E-state index in [-0.39, 0.29) is 5.56 Å². The van der Waals surface area contributed by atoms with E-state index in [1.807, 2.05) is 4.98 Å². The molecule has 1 N–H and O–H groups in total. The molecule has 1 heterocycles. The average Bonchev–Trinajstić information content (AvgIpc) is 2.31. The third-order valence-corrected chi connectivity index (χ3v) is 2.17. The van der Waals surface area contributed by atoms with Gasteiger partial charge in [0.05, 0.1) is 5.69 Å². The second-order valence-corrected chi connectivity index (χ2v) is 3.26. The summed E-state index contributed by atoms with van der Waals surface area (Å²) in [5, 5.41) is 8.68. The smallest absolute Gasteiger partial charge is 0.273 e. The quantitative estimate of drug-likeness (QED) is 0.777. The fourth-order valence-electron chi connectivity index (χ4n) is 1.34. The highest BCUT2D eigenvalue weighted by molar-refractivity contribution is 5.34. The second kappa shape index (κ2) is 4.06. The molecule has 0 radical (unpaired) electrons. The summed E-state index contributed by atoms with van der Waals surface area (Å²) in [6.45, 7) is 0. The molecule has 17 heavy (non-hydrogen) atoms. The van der Waals surface area contributed by atoms with Gasteiger partial charge in [-0.05, 0) is 24.3 Å². The number of aromatic amines is 1. The number of hydrogen-bond donors (Lipinski definition) is 1. The zero-order chi connectivity index (χ0) is 12.4. The highest BCUT2D eigenvalue weighted by Crippen LogP contribution is 2.06. The van der Waals surface area contributed by atoms with E-state index < -0.39 is 17.1 Å². The van der Waals surface area contributed by atoms with Crippen LogP contribution in [0, 0.1) is 17.1 Å². The van der Waals surface area contributed by atoms with Crippen LogP contribution in [-0.2, 0) is 0 Å². The summed E-state index contributed by atoms with van der Waals surface area (Å²) in [4.78, 5) is 24.7. The molecule has 0 aliphatic carbocycles. The largest absolute Gasteiger partial charge is 0.332 e. The Balaban J connectivity index is 2.68. The highest BCUT2D eigenvalue weighted by Gasteiger charge is 2.05. The molecule has 0 fully saturated rings. The fraction of sp³-hybridized carbons (Fsp3) is 0. The molecule has 0 saturated carbocycles. The van der Waals surface area contributed by atoms with E-state index in [1.165, 1.54) is 24.3 Å². The van der Waals surface area contributed by atoms with Crippen molar-refractivity contribution in [2.24, 2.45) is 0 Å². The van der Waals surface area contributed by atoms with Crippen molar-refractivity contribution in [3.05, 3.63) is 62.7 Å². The minimum absolute atomic E-state index is 0.186. The Morgan fingerprint density at radius 3 is 2.47 bits per heavy atom. The van der Waals surface area contributed by atoms with Crippen LogP contribution < -0.4 is 11.2 Å². The predicted octanol–water partition coefficient (Wildman–Crippen LogP) is 0.537. The van der Waals surface area contributed by atoms with Crippen LogP contribution in [0.5, 0.6) is 0 Å². The topological polar surface area (TPSA) is 78.7 Å². The Morgan fingerprint density at radius 1 is 1.24 bits per heavy atom. The molecule has 0 spiro atoms. The number of nitrogens with one attached hydrogen (secondary N) is 1. The molecule has 2 aromatic rings. The first-order chi connectivity index (χ1) is 8.11. The summed E-state index contributed by atoms with van der Waals surface area (Å²) in [5.74, 6) is -0.438. The molecule has 0 unspecified atom stereocenters. The Morgan fingerprint density at radius 2 is 1.88 bits per heavy atom. The van der Waals surface area contributed by atoms with Crippen LogP contribution in [0.3, 0.4) is 0 Å². The van der Waals surface area contributed by atoms with E-state index in [0.717, 1.165) is 10.8 Å². The van der Waals surface area contributed by atoms with E-state index in [2.05, 4.69) is 0 Å². The number of nitrogens with zero attached hydrogens (tertiary/aromatic N) is 2. The van der Waals surface area contributed by atoms with E-state index in [1.54, 1.807) is 6.07 Å². The van der Waals surface area contributed by atoms with E-state index in [9.17, 15) is 14.0 Å². The Labute approximate surface area is 94.4 Å². The third-order valence-electron chi connectivity index (χ3n) is 2.17. The number of benzene rings is 1. The van der Waals surface area contributed by atoms with Gasteiger partial charge in [0.25, 0.3) is 5.56 Å². The zero-order valence-corrected chi connectivity index (χ0v) is 8.48. The first-order valence-corrected chi connectivity index (χ1v) is 4.64. The van der Waals surface area contributed by atoms with Gasteiger partial charge in [0.1, 0.15) is 17.4 Å². The van der Waals surface area contributed by atoms with Gasteiger partial charge in [0.2, 0.25) is 0 Å². The minimum Gasteiger partial charge on any atom is -0.273 e. The molecule has 0 saturated heterocycles. The Hall–Kier alpha value is -2.68. The van der Waals surface area contributed by atoms with Crippen LogP contribution >= 0.6 is 0 Å². The standard InChI is InChI=1S/C11H6FN3O2/c12-8-1-3-9(4-2-8)15-6-7(5-13)10(16)14-11(15)17/h1-4,6H,(H,14,16,17).